The van der Waals surface area contributed by atoms with Gasteiger partial charge in [-0.2, -0.15) is 17.5 Å². The lowest BCUT2D eigenvalue weighted by atomic mass is 9.90. The van der Waals surface area contributed by atoms with E-state index in [9.17, 15) is 21.6 Å². The summed E-state index contributed by atoms with van der Waals surface area (Å²) in [7, 11) is -3.15. The Labute approximate surface area is 166 Å². The Morgan fingerprint density at radius 3 is 2.59 bits per heavy atom. The van der Waals surface area contributed by atoms with Crippen LogP contribution in [0.4, 0.5) is 19.1 Å². The summed E-state index contributed by atoms with van der Waals surface area (Å²) in [5, 5.41) is 10.4. The molecule has 0 aliphatic carbocycles. The lowest BCUT2D eigenvalue weighted by Gasteiger charge is -2.38. The number of nitrogens with one attached hydrogen (secondary N) is 1. The average molecular weight is 440 g/mol. The number of aliphatic carboxylic acids is 1. The van der Waals surface area contributed by atoms with Gasteiger partial charge in [-0.3, -0.25) is 0 Å². The number of carboxylic acid groups (broad SMARTS) is 1. The van der Waals surface area contributed by atoms with E-state index in [1.54, 1.807) is 29.7 Å². The SMILES string of the molecule is CCS(=O)(=O)N1CCCC2(CC(Nc3ncccn3)CO2)C1.O=C(O)C(F)(F)F. The fourth-order valence-electron chi connectivity index (χ4n) is 3.25. The third-order valence-electron chi connectivity index (χ3n) is 4.61. The van der Waals surface area contributed by atoms with Crippen LogP contribution in [0.2, 0.25) is 0 Å². The van der Waals surface area contributed by atoms with Crippen LogP contribution in [-0.4, -0.2) is 77.0 Å². The van der Waals surface area contributed by atoms with Crippen LogP contribution < -0.4 is 5.32 Å². The van der Waals surface area contributed by atoms with Gasteiger partial charge in [-0.1, -0.05) is 0 Å². The van der Waals surface area contributed by atoms with Gasteiger partial charge in [0.05, 0.1) is 24.0 Å². The number of ether oxygens (including phenoxy) is 1. The van der Waals surface area contributed by atoms with E-state index in [0.717, 1.165) is 19.3 Å². The third-order valence-corrected chi connectivity index (χ3v) is 6.44. The van der Waals surface area contributed by atoms with Crippen molar-refractivity contribution in [3.63, 3.8) is 0 Å². The maximum absolute atomic E-state index is 12.1. The predicted octanol–water partition coefficient (Wildman–Crippen LogP) is 1.49. The van der Waals surface area contributed by atoms with E-state index in [-0.39, 0.29) is 17.4 Å². The zero-order chi connectivity index (χ0) is 21.7. The number of piperidine rings is 1. The number of hydrogen-bond acceptors (Lipinski definition) is 7. The van der Waals surface area contributed by atoms with E-state index >= 15 is 0 Å². The summed E-state index contributed by atoms with van der Waals surface area (Å²) in [5.74, 6) is -2.03. The highest BCUT2D eigenvalue weighted by Gasteiger charge is 2.45. The van der Waals surface area contributed by atoms with Crippen LogP contribution in [0.25, 0.3) is 0 Å². The number of anilines is 1. The molecule has 2 saturated heterocycles. The number of carboxylic acids is 1. The first-order valence-corrected chi connectivity index (χ1v) is 10.5. The quantitative estimate of drug-likeness (QED) is 0.722. The molecule has 2 aliphatic heterocycles. The van der Waals surface area contributed by atoms with Crippen molar-refractivity contribution in [2.45, 2.75) is 44.0 Å². The Balaban J connectivity index is 0.000000370. The van der Waals surface area contributed by atoms with E-state index in [2.05, 4.69) is 15.3 Å². The monoisotopic (exact) mass is 440 g/mol. The van der Waals surface area contributed by atoms with E-state index in [4.69, 9.17) is 14.6 Å². The van der Waals surface area contributed by atoms with Crippen molar-refractivity contribution in [3.8, 4) is 0 Å². The molecule has 1 aromatic rings. The molecule has 3 rings (SSSR count). The summed E-state index contributed by atoms with van der Waals surface area (Å²) in [6, 6.07) is 1.89. The lowest BCUT2D eigenvalue weighted by molar-refractivity contribution is -0.192. The molecule has 0 saturated carbocycles. The van der Waals surface area contributed by atoms with E-state index in [1.807, 2.05) is 0 Å². The molecule has 0 aromatic carbocycles. The first-order valence-electron chi connectivity index (χ1n) is 8.93. The number of nitrogens with zero attached hydrogens (tertiary/aromatic N) is 3. The second kappa shape index (κ2) is 9.22. The summed E-state index contributed by atoms with van der Waals surface area (Å²) < 4.78 is 63.5. The Kier molecular flexibility index (Phi) is 7.40. The van der Waals surface area contributed by atoms with Crippen molar-refractivity contribution in [3.05, 3.63) is 18.5 Å². The zero-order valence-corrected chi connectivity index (χ0v) is 16.5. The minimum Gasteiger partial charge on any atom is -0.475 e. The van der Waals surface area contributed by atoms with Crippen LogP contribution in [0.3, 0.4) is 0 Å². The Morgan fingerprint density at radius 1 is 1.41 bits per heavy atom. The number of halogens is 3. The molecule has 9 nitrogen and oxygen atoms in total. The largest absolute Gasteiger partial charge is 0.490 e. The van der Waals surface area contributed by atoms with Crippen molar-refractivity contribution in [2.75, 3.05) is 30.8 Å². The van der Waals surface area contributed by atoms with Gasteiger partial charge in [-0.05, 0) is 25.8 Å². The number of hydrogen-bond donors (Lipinski definition) is 2. The van der Waals surface area contributed by atoms with Crippen molar-refractivity contribution >= 4 is 21.9 Å². The van der Waals surface area contributed by atoms with Gasteiger partial charge in [0.25, 0.3) is 0 Å². The molecule has 3 heterocycles. The number of aromatic nitrogens is 2. The molecule has 2 atom stereocenters. The van der Waals surface area contributed by atoms with Crippen LogP contribution in [-0.2, 0) is 19.6 Å². The highest BCUT2D eigenvalue weighted by molar-refractivity contribution is 7.89. The lowest BCUT2D eigenvalue weighted by Crippen LogP contribution is -2.50. The Morgan fingerprint density at radius 2 is 2.03 bits per heavy atom. The zero-order valence-electron chi connectivity index (χ0n) is 15.7. The van der Waals surface area contributed by atoms with Crippen molar-refractivity contribution in [1.29, 1.82) is 0 Å². The minimum absolute atomic E-state index is 0.117. The smallest absolute Gasteiger partial charge is 0.475 e. The number of carbonyl (C=O) groups is 1. The normalized spacial score (nSPS) is 25.3. The predicted molar refractivity (Wildman–Crippen MR) is 96.7 cm³/mol. The summed E-state index contributed by atoms with van der Waals surface area (Å²) in [4.78, 5) is 17.2. The summed E-state index contributed by atoms with van der Waals surface area (Å²) in [6.45, 7) is 3.29. The molecular weight excluding hydrogens is 417 g/mol. The fourth-order valence-corrected chi connectivity index (χ4v) is 4.46. The molecule has 2 N–H and O–H groups in total. The minimum atomic E-state index is -5.08. The topological polar surface area (TPSA) is 122 Å². The summed E-state index contributed by atoms with van der Waals surface area (Å²) in [6.07, 6.45) is 0.819. The molecule has 2 unspecified atom stereocenters. The molecule has 164 valence electrons. The second-order valence-electron chi connectivity index (χ2n) is 6.75. The summed E-state index contributed by atoms with van der Waals surface area (Å²) >= 11 is 0. The molecule has 0 amide bonds. The van der Waals surface area contributed by atoms with E-state index in [0.29, 0.717) is 25.6 Å². The van der Waals surface area contributed by atoms with Gasteiger partial charge in [0.2, 0.25) is 16.0 Å². The maximum Gasteiger partial charge on any atom is 0.490 e. The third kappa shape index (κ3) is 6.51. The highest BCUT2D eigenvalue weighted by Crippen LogP contribution is 2.36. The Hall–Kier alpha value is -1.99. The van der Waals surface area contributed by atoms with Crippen molar-refractivity contribution < 1.29 is 36.2 Å². The standard InChI is InChI=1S/C14H22N4O3S.C2HF3O2/c1-2-22(19,20)18-8-3-5-14(11-18)9-12(10-21-14)17-13-15-6-4-7-16-13;3-2(4,5)1(6)7/h4,6-7,12H,2-3,5,8-11H2,1H3,(H,15,16,17);(H,6,7). The number of sulfonamides is 1. The molecule has 1 spiro atoms. The first-order chi connectivity index (χ1) is 13.5. The first kappa shape index (κ1) is 23.3. The number of alkyl halides is 3. The van der Waals surface area contributed by atoms with Gasteiger partial charge in [0.15, 0.2) is 0 Å². The van der Waals surface area contributed by atoms with Crippen molar-refractivity contribution in [2.24, 2.45) is 0 Å². The number of rotatable bonds is 4. The molecule has 0 bridgehead atoms. The second-order valence-corrected chi connectivity index (χ2v) is 9.01. The maximum atomic E-state index is 12.1. The van der Waals surface area contributed by atoms with Crippen LogP contribution in [0.5, 0.6) is 0 Å². The molecule has 29 heavy (non-hydrogen) atoms. The van der Waals surface area contributed by atoms with E-state index in [1.165, 1.54) is 0 Å². The van der Waals surface area contributed by atoms with Crippen LogP contribution >= 0.6 is 0 Å². The molecule has 1 aromatic heterocycles. The molecule has 13 heteroatoms. The van der Waals surface area contributed by atoms with Gasteiger partial charge < -0.3 is 15.2 Å². The van der Waals surface area contributed by atoms with Gasteiger partial charge in [0, 0.05) is 31.9 Å². The fraction of sp³-hybridized carbons (Fsp3) is 0.688. The van der Waals surface area contributed by atoms with Crippen molar-refractivity contribution in [1.82, 2.24) is 14.3 Å². The highest BCUT2D eigenvalue weighted by atomic mass is 32.2. The molecule has 2 fully saturated rings. The van der Waals surface area contributed by atoms with Crippen LogP contribution in [0, 0.1) is 0 Å². The molecule has 2 aliphatic rings. The summed E-state index contributed by atoms with van der Waals surface area (Å²) in [5.41, 5.74) is -0.368. The average Bonchev–Trinajstić information content (AvgIpc) is 3.04. The van der Waals surface area contributed by atoms with Gasteiger partial charge >= 0.3 is 12.1 Å². The molecular formula is C16H23F3N4O5S. The van der Waals surface area contributed by atoms with Crippen LogP contribution in [0.15, 0.2) is 18.5 Å². The Bertz CT molecular complexity index is 793. The van der Waals surface area contributed by atoms with Gasteiger partial charge in [-0.25, -0.2) is 23.2 Å². The van der Waals surface area contributed by atoms with Gasteiger partial charge in [-0.15, -0.1) is 0 Å². The molecule has 0 radical (unpaired) electrons. The van der Waals surface area contributed by atoms with Gasteiger partial charge in [0.1, 0.15) is 0 Å². The van der Waals surface area contributed by atoms with Crippen LogP contribution in [0.1, 0.15) is 26.2 Å². The van der Waals surface area contributed by atoms with E-state index < -0.39 is 22.2 Å².